The highest BCUT2D eigenvalue weighted by atomic mass is 32.1. The van der Waals surface area contributed by atoms with Crippen molar-refractivity contribution < 1.29 is 32.4 Å². The van der Waals surface area contributed by atoms with E-state index in [1.807, 2.05) is 0 Å². The van der Waals surface area contributed by atoms with Crippen molar-refractivity contribution in [2.45, 2.75) is 12.2 Å². The van der Waals surface area contributed by atoms with Crippen LogP contribution in [0.15, 0.2) is 0 Å². The fourth-order valence-electron chi connectivity index (χ4n) is 0.253. The summed E-state index contributed by atoms with van der Waals surface area (Å²) in [5, 5.41) is 9.38. The van der Waals surface area contributed by atoms with Gasteiger partial charge in [0, 0.05) is 0 Å². The molecule has 78 valence electrons. The molecule has 0 unspecified atom stereocenters. The van der Waals surface area contributed by atoms with Crippen LogP contribution < -0.4 is 0 Å². The van der Waals surface area contributed by atoms with Crippen LogP contribution in [0.1, 0.15) is 0 Å². The highest BCUT2D eigenvalue weighted by Gasteiger charge is 2.61. The largest absolute Gasteiger partial charge is 0.554 e. The monoisotopic (exact) mass is 227 g/mol. The first kappa shape index (κ1) is 14.6. The number of hydrogen-bond acceptors (Lipinski definition) is 3. The zero-order valence-corrected chi connectivity index (χ0v) is 6.38. The van der Waals surface area contributed by atoms with Gasteiger partial charge in [-0.25, -0.2) is 0 Å². The Labute approximate surface area is 72.8 Å². The SMILES string of the molecule is O.O=[N+]([O-])C(F)(F)C(=S)C(F)(F)F. The second-order valence-electron chi connectivity index (χ2n) is 1.63. The van der Waals surface area contributed by atoms with E-state index >= 15 is 0 Å². The van der Waals surface area contributed by atoms with Crippen LogP contribution in [0.2, 0.25) is 0 Å². The lowest BCUT2D eigenvalue weighted by Gasteiger charge is -2.10. The third-order valence-corrected chi connectivity index (χ3v) is 1.24. The Morgan fingerprint density at radius 1 is 1.23 bits per heavy atom. The average Bonchev–Trinajstić information content (AvgIpc) is 1.83. The third-order valence-electron chi connectivity index (χ3n) is 0.760. The van der Waals surface area contributed by atoms with Crippen molar-refractivity contribution in [1.29, 1.82) is 0 Å². The van der Waals surface area contributed by atoms with Gasteiger partial charge in [-0.05, 0) is 0 Å². The number of alkyl halides is 5. The van der Waals surface area contributed by atoms with E-state index in [4.69, 9.17) is 0 Å². The minimum absolute atomic E-state index is 0. The van der Waals surface area contributed by atoms with E-state index in [0.717, 1.165) is 0 Å². The molecule has 0 aliphatic heterocycles. The zero-order valence-electron chi connectivity index (χ0n) is 5.56. The van der Waals surface area contributed by atoms with Crippen LogP contribution in [0.5, 0.6) is 0 Å². The molecule has 0 saturated heterocycles. The van der Waals surface area contributed by atoms with Gasteiger partial charge in [-0.2, -0.15) is 13.2 Å². The lowest BCUT2D eigenvalue weighted by molar-refractivity contribution is -0.618. The molecular weight excluding hydrogens is 225 g/mol. The van der Waals surface area contributed by atoms with E-state index in [1.54, 1.807) is 0 Å². The Bertz CT molecular complexity index is 226. The summed E-state index contributed by atoms with van der Waals surface area (Å²) in [5.74, 6) is 0. The first-order chi connectivity index (χ1) is 5.10. The number of rotatable bonds is 2. The molecule has 0 radical (unpaired) electrons. The lowest BCUT2D eigenvalue weighted by Crippen LogP contribution is -2.44. The Hall–Kier alpha value is -0.900. The van der Waals surface area contributed by atoms with Gasteiger partial charge in [0.2, 0.25) is 4.86 Å². The van der Waals surface area contributed by atoms with Crippen molar-refractivity contribution in [2.24, 2.45) is 0 Å². The van der Waals surface area contributed by atoms with Crippen molar-refractivity contribution in [3.63, 3.8) is 0 Å². The number of nitro groups is 1. The second-order valence-corrected chi connectivity index (χ2v) is 2.03. The summed E-state index contributed by atoms with van der Waals surface area (Å²) in [6, 6.07) is -5.23. The van der Waals surface area contributed by atoms with Gasteiger partial charge in [0.05, 0.1) is 0 Å². The van der Waals surface area contributed by atoms with E-state index in [9.17, 15) is 32.1 Å². The summed E-state index contributed by atoms with van der Waals surface area (Å²) < 4.78 is 57.9. The summed E-state index contributed by atoms with van der Waals surface area (Å²) in [5.41, 5.74) is 0. The molecule has 4 nitrogen and oxygen atoms in total. The van der Waals surface area contributed by atoms with Gasteiger partial charge in [-0.15, -0.1) is 8.78 Å². The summed E-state index contributed by atoms with van der Waals surface area (Å²) in [6.07, 6.45) is -5.54. The van der Waals surface area contributed by atoms with Crippen molar-refractivity contribution in [3.05, 3.63) is 10.1 Å². The molecule has 2 N–H and O–H groups in total. The van der Waals surface area contributed by atoms with E-state index in [2.05, 4.69) is 12.2 Å². The maximum absolute atomic E-state index is 11.9. The van der Waals surface area contributed by atoms with Gasteiger partial charge in [0.1, 0.15) is 4.92 Å². The molecule has 0 aliphatic rings. The van der Waals surface area contributed by atoms with Crippen LogP contribution in [0.25, 0.3) is 0 Å². The predicted molar refractivity (Wildman–Crippen MR) is 34.2 cm³/mol. The quantitative estimate of drug-likeness (QED) is 0.232. The highest BCUT2D eigenvalue weighted by Crippen LogP contribution is 2.29. The van der Waals surface area contributed by atoms with E-state index in [-0.39, 0.29) is 5.48 Å². The summed E-state index contributed by atoms with van der Waals surface area (Å²) in [4.78, 5) is 4.14. The van der Waals surface area contributed by atoms with Crippen molar-refractivity contribution >= 4 is 17.1 Å². The first-order valence-corrected chi connectivity index (χ1v) is 2.65. The summed E-state index contributed by atoms with van der Waals surface area (Å²) in [6.45, 7) is 0. The molecular formula is C3H2F5NO3S. The molecule has 0 bridgehead atoms. The van der Waals surface area contributed by atoms with Crippen molar-refractivity contribution in [2.75, 3.05) is 0 Å². The number of hydrogen-bond donors (Lipinski definition) is 0. The molecule has 0 aromatic rings. The van der Waals surface area contributed by atoms with Crippen molar-refractivity contribution in [3.8, 4) is 0 Å². The zero-order chi connectivity index (χ0) is 10.2. The molecule has 0 aliphatic carbocycles. The van der Waals surface area contributed by atoms with E-state index < -0.39 is 22.0 Å². The molecule has 0 aromatic heterocycles. The molecule has 0 fully saturated rings. The Balaban J connectivity index is 0. The van der Waals surface area contributed by atoms with Crippen LogP contribution in [-0.4, -0.2) is 27.5 Å². The molecule has 0 heterocycles. The van der Waals surface area contributed by atoms with Gasteiger partial charge in [-0.3, -0.25) is 10.1 Å². The molecule has 0 aromatic carbocycles. The van der Waals surface area contributed by atoms with Crippen LogP contribution >= 0.6 is 12.2 Å². The van der Waals surface area contributed by atoms with Gasteiger partial charge >= 0.3 is 12.2 Å². The lowest BCUT2D eigenvalue weighted by atomic mass is 10.3. The van der Waals surface area contributed by atoms with Crippen LogP contribution in [-0.2, 0) is 0 Å². The number of halogens is 5. The van der Waals surface area contributed by atoms with Gasteiger partial charge < -0.3 is 5.48 Å². The standard InChI is InChI=1S/C3F5NO2S.H2O/c4-2(5,6)1(12)3(7,8)9(10)11;/h;1H2. The molecule has 0 saturated carbocycles. The van der Waals surface area contributed by atoms with Crippen LogP contribution in [0, 0.1) is 10.1 Å². The fraction of sp³-hybridized carbons (Fsp3) is 0.667. The molecule has 10 heteroatoms. The first-order valence-electron chi connectivity index (χ1n) is 2.24. The maximum Gasteiger partial charge on any atom is 0.554 e. The predicted octanol–water partition coefficient (Wildman–Crippen LogP) is 0.963. The van der Waals surface area contributed by atoms with E-state index in [0.29, 0.717) is 0 Å². The smallest absolute Gasteiger partial charge is 0.412 e. The number of thiocarbonyl (C=S) groups is 1. The van der Waals surface area contributed by atoms with Crippen LogP contribution in [0.3, 0.4) is 0 Å². The normalized spacial score (nSPS) is 11.8. The van der Waals surface area contributed by atoms with Gasteiger partial charge in [-0.1, -0.05) is 12.2 Å². The Kier molecular flexibility index (Phi) is 4.35. The summed E-state index contributed by atoms with van der Waals surface area (Å²) >= 11 is 3.19. The molecule has 0 amide bonds. The third kappa shape index (κ3) is 3.14. The second kappa shape index (κ2) is 3.87. The molecule has 13 heavy (non-hydrogen) atoms. The molecule has 0 rings (SSSR count). The van der Waals surface area contributed by atoms with Gasteiger partial charge in [0.15, 0.2) is 0 Å². The Morgan fingerprint density at radius 2 is 1.54 bits per heavy atom. The average molecular weight is 227 g/mol. The minimum Gasteiger partial charge on any atom is -0.412 e. The maximum atomic E-state index is 11.9. The highest BCUT2D eigenvalue weighted by molar-refractivity contribution is 7.80. The number of nitrogens with zero attached hydrogens (tertiary/aromatic N) is 1. The minimum atomic E-state index is -5.54. The molecule has 0 spiro atoms. The topological polar surface area (TPSA) is 74.6 Å². The molecule has 0 atom stereocenters. The fourth-order valence-corrected chi connectivity index (χ4v) is 0.328. The van der Waals surface area contributed by atoms with E-state index in [1.165, 1.54) is 0 Å². The van der Waals surface area contributed by atoms with Gasteiger partial charge in [0.25, 0.3) is 0 Å². The van der Waals surface area contributed by atoms with Crippen LogP contribution in [0.4, 0.5) is 22.0 Å². The Morgan fingerprint density at radius 3 is 1.62 bits per heavy atom. The van der Waals surface area contributed by atoms with Crippen molar-refractivity contribution in [1.82, 2.24) is 0 Å². The summed E-state index contributed by atoms with van der Waals surface area (Å²) in [7, 11) is 0.